The predicted molar refractivity (Wildman–Crippen MR) is 99.3 cm³/mol. The van der Waals surface area contributed by atoms with Crippen LogP contribution in [-0.2, 0) is 4.79 Å². The molecular weight excluding hydrogens is 330 g/mol. The summed E-state index contributed by atoms with van der Waals surface area (Å²) in [4.78, 5) is 27.7. The van der Waals surface area contributed by atoms with E-state index in [1.54, 1.807) is 17.0 Å². The van der Waals surface area contributed by atoms with Gasteiger partial charge in [-0.1, -0.05) is 32.0 Å². The number of quaternary nitrogens is 1. The summed E-state index contributed by atoms with van der Waals surface area (Å²) in [6.07, 6.45) is 1.51. The van der Waals surface area contributed by atoms with E-state index in [2.05, 4.69) is 19.2 Å². The molecule has 0 saturated carbocycles. The van der Waals surface area contributed by atoms with Crippen LogP contribution >= 0.6 is 0 Å². The summed E-state index contributed by atoms with van der Waals surface area (Å²) in [5.74, 6) is 0.662. The maximum absolute atomic E-state index is 12.4. The van der Waals surface area contributed by atoms with Gasteiger partial charge >= 0.3 is 0 Å². The van der Waals surface area contributed by atoms with Crippen molar-refractivity contribution in [1.29, 1.82) is 0 Å². The highest BCUT2D eigenvalue weighted by Crippen LogP contribution is 2.23. The van der Waals surface area contributed by atoms with Gasteiger partial charge in [0.05, 0.1) is 32.4 Å². The first-order chi connectivity index (χ1) is 12.5. The summed E-state index contributed by atoms with van der Waals surface area (Å²) < 4.78 is 5.17. The Morgan fingerprint density at radius 2 is 1.88 bits per heavy atom. The molecule has 1 aromatic heterocycles. The Labute approximate surface area is 153 Å². The molecule has 2 heterocycles. The van der Waals surface area contributed by atoms with E-state index in [4.69, 9.17) is 4.42 Å². The van der Waals surface area contributed by atoms with E-state index in [0.717, 1.165) is 24.3 Å². The molecule has 0 bridgehead atoms. The second-order valence-electron chi connectivity index (χ2n) is 6.99. The molecule has 0 aliphatic carbocycles. The predicted octanol–water partition coefficient (Wildman–Crippen LogP) is 1.38. The van der Waals surface area contributed by atoms with Gasteiger partial charge in [0.15, 0.2) is 12.3 Å². The van der Waals surface area contributed by atoms with Gasteiger partial charge in [-0.3, -0.25) is 9.59 Å². The van der Waals surface area contributed by atoms with Crippen molar-refractivity contribution >= 4 is 17.5 Å². The van der Waals surface area contributed by atoms with Crippen molar-refractivity contribution < 1.29 is 18.9 Å². The SMILES string of the molecule is CC(C)c1ccccc1NC(=O)C[NH+]1CCN(C(=O)c2ccco2)CC1. The van der Waals surface area contributed by atoms with Crippen molar-refractivity contribution in [2.24, 2.45) is 0 Å². The zero-order valence-corrected chi connectivity index (χ0v) is 15.3. The Morgan fingerprint density at radius 1 is 1.15 bits per heavy atom. The molecule has 1 aliphatic rings. The molecule has 2 amide bonds. The van der Waals surface area contributed by atoms with Gasteiger partial charge in [-0.15, -0.1) is 0 Å². The molecule has 0 atom stereocenters. The number of nitrogens with zero attached hydrogens (tertiary/aromatic N) is 1. The Balaban J connectivity index is 1.50. The minimum atomic E-state index is -0.0793. The van der Waals surface area contributed by atoms with Gasteiger partial charge in [0.2, 0.25) is 0 Å². The van der Waals surface area contributed by atoms with Crippen LogP contribution in [0.15, 0.2) is 47.1 Å². The van der Waals surface area contributed by atoms with Gasteiger partial charge in [-0.05, 0) is 29.7 Å². The van der Waals surface area contributed by atoms with Crippen LogP contribution in [0.3, 0.4) is 0 Å². The smallest absolute Gasteiger partial charge is 0.289 e. The molecular formula is C20H26N3O3+. The fraction of sp³-hybridized carbons (Fsp3) is 0.400. The standard InChI is InChI=1S/C20H25N3O3/c1-15(2)16-6-3-4-7-17(16)21-19(24)14-22-9-11-23(12-10-22)20(25)18-8-5-13-26-18/h3-8,13,15H,9-12,14H2,1-2H3,(H,21,24)/p+1. The summed E-state index contributed by atoms with van der Waals surface area (Å²) in [5.41, 5.74) is 2.03. The third kappa shape index (κ3) is 4.32. The maximum Gasteiger partial charge on any atom is 0.289 e. The topological polar surface area (TPSA) is 67.0 Å². The number of amides is 2. The number of piperazine rings is 1. The summed E-state index contributed by atoms with van der Waals surface area (Å²) >= 11 is 0. The van der Waals surface area contributed by atoms with Crippen LogP contribution < -0.4 is 10.2 Å². The first-order valence-electron chi connectivity index (χ1n) is 9.09. The zero-order valence-electron chi connectivity index (χ0n) is 15.3. The number of furan rings is 1. The zero-order chi connectivity index (χ0) is 18.5. The summed E-state index contributed by atoms with van der Waals surface area (Å²) in [6, 6.07) is 11.3. The van der Waals surface area contributed by atoms with Gasteiger partial charge in [-0.25, -0.2) is 0 Å². The largest absolute Gasteiger partial charge is 0.459 e. The van der Waals surface area contributed by atoms with Crippen LogP contribution in [0.5, 0.6) is 0 Å². The monoisotopic (exact) mass is 356 g/mol. The molecule has 1 fully saturated rings. The Hall–Kier alpha value is -2.60. The number of hydrogen-bond acceptors (Lipinski definition) is 3. The van der Waals surface area contributed by atoms with E-state index in [9.17, 15) is 9.59 Å². The Kier molecular flexibility index (Phi) is 5.73. The highest BCUT2D eigenvalue weighted by Gasteiger charge is 2.27. The Morgan fingerprint density at radius 3 is 2.54 bits per heavy atom. The molecule has 3 rings (SSSR count). The maximum atomic E-state index is 12.4. The molecule has 1 aromatic carbocycles. The first-order valence-corrected chi connectivity index (χ1v) is 9.09. The van der Waals surface area contributed by atoms with Crippen LogP contribution in [0.2, 0.25) is 0 Å². The molecule has 6 heteroatoms. The lowest BCUT2D eigenvalue weighted by Crippen LogP contribution is -3.15. The number of hydrogen-bond donors (Lipinski definition) is 2. The van der Waals surface area contributed by atoms with Crippen molar-refractivity contribution in [2.45, 2.75) is 19.8 Å². The number of rotatable bonds is 5. The van der Waals surface area contributed by atoms with Gasteiger partial charge < -0.3 is 19.5 Å². The van der Waals surface area contributed by atoms with E-state index in [1.165, 1.54) is 11.2 Å². The third-order valence-corrected chi connectivity index (χ3v) is 4.76. The van der Waals surface area contributed by atoms with Crippen molar-refractivity contribution in [3.8, 4) is 0 Å². The van der Waals surface area contributed by atoms with Crippen molar-refractivity contribution in [2.75, 3.05) is 38.0 Å². The molecule has 2 aromatic rings. The number of para-hydroxylation sites is 1. The third-order valence-electron chi connectivity index (χ3n) is 4.76. The normalized spacial score (nSPS) is 15.3. The van der Waals surface area contributed by atoms with E-state index < -0.39 is 0 Å². The average molecular weight is 356 g/mol. The van der Waals surface area contributed by atoms with Gasteiger partial charge in [-0.2, -0.15) is 0 Å². The van der Waals surface area contributed by atoms with E-state index >= 15 is 0 Å². The molecule has 0 radical (unpaired) electrons. The van der Waals surface area contributed by atoms with Crippen LogP contribution in [0.25, 0.3) is 0 Å². The summed E-state index contributed by atoms with van der Waals surface area (Å²) in [7, 11) is 0. The van der Waals surface area contributed by atoms with Gasteiger partial charge in [0, 0.05) is 5.69 Å². The fourth-order valence-electron chi connectivity index (χ4n) is 3.29. The van der Waals surface area contributed by atoms with Crippen LogP contribution in [0, 0.1) is 0 Å². The number of carbonyl (C=O) groups excluding carboxylic acids is 2. The molecule has 1 saturated heterocycles. The van der Waals surface area contributed by atoms with Crippen LogP contribution in [0.1, 0.15) is 35.9 Å². The van der Waals surface area contributed by atoms with E-state index in [-0.39, 0.29) is 11.8 Å². The highest BCUT2D eigenvalue weighted by atomic mass is 16.3. The fourth-order valence-corrected chi connectivity index (χ4v) is 3.29. The van der Waals surface area contributed by atoms with Crippen LogP contribution in [-0.4, -0.2) is 49.4 Å². The van der Waals surface area contributed by atoms with Gasteiger partial charge in [0.25, 0.3) is 11.8 Å². The van der Waals surface area contributed by atoms with E-state index in [1.807, 2.05) is 24.3 Å². The lowest BCUT2D eigenvalue weighted by atomic mass is 10.0. The van der Waals surface area contributed by atoms with Gasteiger partial charge in [0.1, 0.15) is 0 Å². The molecule has 26 heavy (non-hydrogen) atoms. The average Bonchev–Trinajstić information content (AvgIpc) is 3.16. The molecule has 6 nitrogen and oxygen atoms in total. The van der Waals surface area contributed by atoms with Crippen molar-refractivity contribution in [3.05, 3.63) is 54.0 Å². The highest BCUT2D eigenvalue weighted by molar-refractivity contribution is 5.92. The number of benzene rings is 1. The quantitative estimate of drug-likeness (QED) is 0.851. The molecule has 2 N–H and O–H groups in total. The summed E-state index contributed by atoms with van der Waals surface area (Å²) in [5, 5.41) is 3.04. The van der Waals surface area contributed by atoms with Crippen LogP contribution in [0.4, 0.5) is 5.69 Å². The molecule has 0 unspecified atom stereocenters. The van der Waals surface area contributed by atoms with Crippen molar-refractivity contribution in [3.63, 3.8) is 0 Å². The second kappa shape index (κ2) is 8.19. The number of nitrogens with one attached hydrogen (secondary N) is 2. The molecule has 0 spiro atoms. The lowest BCUT2D eigenvalue weighted by molar-refractivity contribution is -0.895. The number of carbonyl (C=O) groups is 2. The molecule has 138 valence electrons. The summed E-state index contributed by atoms with van der Waals surface area (Å²) in [6.45, 7) is 7.42. The first kappa shape index (κ1) is 18.2. The minimum absolute atomic E-state index is 0.0129. The Bertz CT molecular complexity index is 747. The second-order valence-corrected chi connectivity index (χ2v) is 6.99. The lowest BCUT2D eigenvalue weighted by Gasteiger charge is -2.31. The molecule has 1 aliphatic heterocycles. The van der Waals surface area contributed by atoms with Crippen molar-refractivity contribution in [1.82, 2.24) is 4.90 Å². The van der Waals surface area contributed by atoms with E-state index in [0.29, 0.717) is 31.3 Å². The number of anilines is 1. The minimum Gasteiger partial charge on any atom is -0.459 e.